The molecule has 2 nitrogen and oxygen atoms in total. The van der Waals surface area contributed by atoms with E-state index in [1.807, 2.05) is 22.6 Å². The summed E-state index contributed by atoms with van der Waals surface area (Å²) in [5.74, 6) is 0. The minimum Gasteiger partial charge on any atom is -0.610 e. The second kappa shape index (κ2) is 4.49. The minimum atomic E-state index is -1.01. The van der Waals surface area contributed by atoms with E-state index in [2.05, 4.69) is 4.98 Å². The number of hydrogen-bond acceptors (Lipinski definition) is 2. The lowest BCUT2D eigenvalue weighted by molar-refractivity contribution is 0.597. The van der Waals surface area contributed by atoms with Gasteiger partial charge in [-0.15, -0.1) is 0 Å². The van der Waals surface area contributed by atoms with Crippen LogP contribution in [0.25, 0.3) is 0 Å². The Balaban J connectivity index is 2.86. The van der Waals surface area contributed by atoms with E-state index in [1.165, 1.54) is 0 Å². The van der Waals surface area contributed by atoms with Gasteiger partial charge in [0.2, 0.25) is 5.03 Å². The van der Waals surface area contributed by atoms with Crippen LogP contribution in [0.15, 0.2) is 23.2 Å². The van der Waals surface area contributed by atoms with Crippen molar-refractivity contribution in [1.82, 2.24) is 4.98 Å². The number of rotatable bonds is 2. The summed E-state index contributed by atoms with van der Waals surface area (Å²) >= 11 is 6.63. The molecule has 1 aromatic heterocycles. The summed E-state index contributed by atoms with van der Waals surface area (Å²) in [4.78, 5) is 3.90. The summed E-state index contributed by atoms with van der Waals surface area (Å²) in [7, 11) is 0. The average molecular weight is 302 g/mol. The molecule has 0 saturated heterocycles. The zero-order valence-corrected chi connectivity index (χ0v) is 9.19. The van der Waals surface area contributed by atoms with E-state index >= 15 is 0 Å². The first-order chi connectivity index (χ1) is 5.24. The Morgan fingerprint density at radius 1 is 1.64 bits per heavy atom. The Morgan fingerprint density at radius 2 is 2.36 bits per heavy atom. The monoisotopic (exact) mass is 301 g/mol. The standard InChI is InChI=1S/C6H5ClINOS/c7-5-2-1-3-6(9-5)11(10)4-8/h1-3H,4H2. The molecule has 0 aliphatic rings. The van der Waals surface area contributed by atoms with Gasteiger partial charge in [0.1, 0.15) is 5.15 Å². The molecule has 5 heteroatoms. The number of pyridine rings is 1. The summed E-state index contributed by atoms with van der Waals surface area (Å²) < 4.78 is 11.7. The fourth-order valence-electron chi connectivity index (χ4n) is 0.572. The molecule has 0 aliphatic carbocycles. The summed E-state index contributed by atoms with van der Waals surface area (Å²) in [5, 5.41) is 0.938. The third kappa shape index (κ3) is 2.77. The normalized spacial score (nSPS) is 13.0. The number of nitrogens with zero attached hydrogens (tertiary/aromatic N) is 1. The second-order valence-electron chi connectivity index (χ2n) is 1.75. The molecule has 60 valence electrons. The van der Waals surface area contributed by atoms with Crippen LogP contribution in [-0.4, -0.2) is 13.3 Å². The van der Waals surface area contributed by atoms with E-state index in [1.54, 1.807) is 18.2 Å². The van der Waals surface area contributed by atoms with Gasteiger partial charge in [0, 0.05) is 17.2 Å². The van der Waals surface area contributed by atoms with Crippen LogP contribution in [0, 0.1) is 0 Å². The third-order valence-corrected chi connectivity index (χ3v) is 3.82. The van der Waals surface area contributed by atoms with Gasteiger partial charge < -0.3 is 4.55 Å². The van der Waals surface area contributed by atoms with Gasteiger partial charge in [0.25, 0.3) is 0 Å². The van der Waals surface area contributed by atoms with Gasteiger partial charge in [-0.3, -0.25) is 0 Å². The fraction of sp³-hybridized carbons (Fsp3) is 0.167. The first-order valence-electron chi connectivity index (χ1n) is 2.81. The van der Waals surface area contributed by atoms with Gasteiger partial charge in [0.15, 0.2) is 3.76 Å². The van der Waals surface area contributed by atoms with Crippen molar-refractivity contribution in [3.05, 3.63) is 23.4 Å². The lowest BCUT2D eigenvalue weighted by Gasteiger charge is -2.04. The van der Waals surface area contributed by atoms with Crippen molar-refractivity contribution in [3.8, 4) is 0 Å². The number of hydrogen-bond donors (Lipinski definition) is 0. The molecule has 1 unspecified atom stereocenters. The molecule has 11 heavy (non-hydrogen) atoms. The maximum atomic E-state index is 11.1. The quantitative estimate of drug-likeness (QED) is 0.363. The number of alkyl halides is 1. The molecule has 1 atom stereocenters. The molecule has 1 aromatic rings. The lowest BCUT2D eigenvalue weighted by Crippen LogP contribution is -2.03. The lowest BCUT2D eigenvalue weighted by atomic mass is 10.5. The highest BCUT2D eigenvalue weighted by Crippen LogP contribution is 2.13. The van der Waals surface area contributed by atoms with Crippen molar-refractivity contribution < 1.29 is 4.55 Å². The molecule has 0 bridgehead atoms. The molecule has 0 amide bonds. The smallest absolute Gasteiger partial charge is 0.246 e. The van der Waals surface area contributed by atoms with Gasteiger partial charge in [0.05, 0.1) is 0 Å². The minimum absolute atomic E-state index is 0.390. The average Bonchev–Trinajstić information content (AvgIpc) is 2.03. The zero-order chi connectivity index (χ0) is 8.27. The first-order valence-corrected chi connectivity index (χ1v) is 6.03. The predicted molar refractivity (Wildman–Crippen MR) is 54.5 cm³/mol. The number of halogens is 2. The maximum Gasteiger partial charge on any atom is 0.246 e. The predicted octanol–water partition coefficient (Wildman–Crippen LogP) is 2.24. The third-order valence-electron chi connectivity index (χ3n) is 1.02. The van der Waals surface area contributed by atoms with Crippen LogP contribution in [0.3, 0.4) is 0 Å². The van der Waals surface area contributed by atoms with Crippen molar-refractivity contribution in [2.45, 2.75) is 5.03 Å². The van der Waals surface area contributed by atoms with Gasteiger partial charge in [-0.2, -0.15) is 4.98 Å². The van der Waals surface area contributed by atoms with Crippen LogP contribution in [0.2, 0.25) is 5.15 Å². The highest BCUT2D eigenvalue weighted by atomic mass is 127. The first kappa shape index (κ1) is 9.57. The zero-order valence-electron chi connectivity index (χ0n) is 5.46. The van der Waals surface area contributed by atoms with Gasteiger partial charge >= 0.3 is 0 Å². The van der Waals surface area contributed by atoms with Crippen molar-refractivity contribution in [2.24, 2.45) is 0 Å². The van der Waals surface area contributed by atoms with E-state index < -0.39 is 11.2 Å². The van der Waals surface area contributed by atoms with E-state index in [0.717, 1.165) is 0 Å². The highest BCUT2D eigenvalue weighted by Gasteiger charge is 2.09. The van der Waals surface area contributed by atoms with Crippen molar-refractivity contribution in [3.63, 3.8) is 0 Å². The topological polar surface area (TPSA) is 36.0 Å². The summed E-state index contributed by atoms with van der Waals surface area (Å²) in [6, 6.07) is 5.12. The molecular formula is C6H5ClINOS. The Bertz CT molecular complexity index is 248. The Morgan fingerprint density at radius 3 is 2.91 bits per heavy atom. The van der Waals surface area contributed by atoms with Crippen LogP contribution in [0.1, 0.15) is 0 Å². The molecule has 1 rings (SSSR count). The van der Waals surface area contributed by atoms with E-state index in [4.69, 9.17) is 11.6 Å². The molecular weight excluding hydrogens is 296 g/mol. The number of aromatic nitrogens is 1. The summed E-state index contributed by atoms with van der Waals surface area (Å²) in [6.07, 6.45) is 0. The molecule has 0 saturated carbocycles. The van der Waals surface area contributed by atoms with Crippen LogP contribution in [-0.2, 0) is 11.2 Å². The van der Waals surface area contributed by atoms with Gasteiger partial charge in [-0.25, -0.2) is 0 Å². The molecule has 0 radical (unpaired) electrons. The Hall–Kier alpha value is 0.480. The fourth-order valence-corrected chi connectivity index (χ4v) is 2.29. The van der Waals surface area contributed by atoms with Crippen LogP contribution in [0.5, 0.6) is 0 Å². The van der Waals surface area contributed by atoms with E-state index in [9.17, 15) is 4.55 Å². The van der Waals surface area contributed by atoms with Crippen LogP contribution in [0.4, 0.5) is 0 Å². The van der Waals surface area contributed by atoms with Gasteiger partial charge in [-0.05, 0) is 28.7 Å². The summed E-state index contributed by atoms with van der Waals surface area (Å²) in [5.41, 5.74) is 0. The van der Waals surface area contributed by atoms with Gasteiger partial charge in [-0.1, -0.05) is 17.7 Å². The van der Waals surface area contributed by atoms with E-state index in [-0.39, 0.29) is 0 Å². The molecule has 0 aromatic carbocycles. The maximum absolute atomic E-state index is 11.1. The highest BCUT2D eigenvalue weighted by molar-refractivity contribution is 14.1. The van der Waals surface area contributed by atoms with Crippen LogP contribution >= 0.6 is 34.2 Å². The van der Waals surface area contributed by atoms with Crippen molar-refractivity contribution in [1.29, 1.82) is 0 Å². The molecule has 0 fully saturated rings. The van der Waals surface area contributed by atoms with E-state index in [0.29, 0.717) is 13.9 Å². The molecule has 0 aliphatic heterocycles. The Kier molecular flexibility index (Phi) is 3.91. The van der Waals surface area contributed by atoms with Crippen LogP contribution < -0.4 is 0 Å². The molecule has 1 heterocycles. The Labute approximate surface area is 86.7 Å². The van der Waals surface area contributed by atoms with Crippen molar-refractivity contribution >= 4 is 45.4 Å². The SMILES string of the molecule is [O-][S+](CI)c1cccc(Cl)n1. The largest absolute Gasteiger partial charge is 0.610 e. The van der Waals surface area contributed by atoms with Crippen molar-refractivity contribution in [2.75, 3.05) is 3.76 Å². The molecule has 0 spiro atoms. The second-order valence-corrected chi connectivity index (χ2v) is 5.34. The molecule has 0 N–H and O–H groups in total. The summed E-state index contributed by atoms with van der Waals surface area (Å²) in [6.45, 7) is 0.